The molecular formula is C23H30BClO2Si. The molecule has 0 amide bonds. The summed E-state index contributed by atoms with van der Waals surface area (Å²) in [5.41, 5.74) is -0.694. The summed E-state index contributed by atoms with van der Waals surface area (Å²) in [6.07, 6.45) is 0.675. The van der Waals surface area contributed by atoms with E-state index in [9.17, 15) is 0 Å². The first kappa shape index (κ1) is 21.4. The van der Waals surface area contributed by atoms with Crippen LogP contribution in [0.3, 0.4) is 0 Å². The van der Waals surface area contributed by atoms with Crippen molar-refractivity contribution in [2.45, 2.75) is 58.7 Å². The van der Waals surface area contributed by atoms with Crippen molar-refractivity contribution in [1.29, 1.82) is 0 Å². The molecule has 2 nitrogen and oxygen atoms in total. The minimum Gasteiger partial charge on any atom is -0.403 e. The third kappa shape index (κ3) is 3.88. The molecule has 5 heteroatoms. The summed E-state index contributed by atoms with van der Waals surface area (Å²) >= 11 is 6.75. The van der Waals surface area contributed by atoms with Crippen molar-refractivity contribution in [1.82, 2.24) is 0 Å². The SMILES string of the molecule is C/C(Cl)=C(/CB1OC(C)(C)C(C)(C)O1)[Si](C)(c1ccccc1)c1ccccc1. The zero-order valence-electron chi connectivity index (χ0n) is 17.8. The lowest BCUT2D eigenvalue weighted by Crippen LogP contribution is -2.58. The predicted octanol–water partition coefficient (Wildman–Crippen LogP) is 5.02. The van der Waals surface area contributed by atoms with Crippen LogP contribution < -0.4 is 10.4 Å². The van der Waals surface area contributed by atoms with Crippen LogP contribution in [0.2, 0.25) is 12.9 Å². The third-order valence-corrected chi connectivity index (χ3v) is 11.5. The summed E-state index contributed by atoms with van der Waals surface area (Å²) in [6.45, 7) is 12.7. The summed E-state index contributed by atoms with van der Waals surface area (Å²) in [5.74, 6) is 0. The Morgan fingerprint density at radius 2 is 1.25 bits per heavy atom. The number of rotatable bonds is 5. The van der Waals surface area contributed by atoms with Gasteiger partial charge in [0.2, 0.25) is 0 Å². The third-order valence-electron chi connectivity index (χ3n) is 6.39. The first-order chi connectivity index (χ1) is 13.1. The lowest BCUT2D eigenvalue weighted by molar-refractivity contribution is 0.00578. The average molecular weight is 413 g/mol. The summed E-state index contributed by atoms with van der Waals surface area (Å²) in [7, 11) is -2.56. The van der Waals surface area contributed by atoms with E-state index in [0.29, 0.717) is 6.32 Å². The zero-order valence-corrected chi connectivity index (χ0v) is 19.5. The number of allylic oxidation sites excluding steroid dienone is 2. The molecule has 1 heterocycles. The van der Waals surface area contributed by atoms with Crippen molar-refractivity contribution >= 4 is 37.2 Å². The second-order valence-electron chi connectivity index (χ2n) is 8.76. The highest BCUT2D eigenvalue weighted by Crippen LogP contribution is 2.40. The highest BCUT2D eigenvalue weighted by molar-refractivity contribution is 7.07. The fraction of sp³-hybridized carbons (Fsp3) is 0.391. The Morgan fingerprint density at radius 1 is 0.857 bits per heavy atom. The summed E-state index contributed by atoms with van der Waals surface area (Å²) in [6, 6.07) is 21.5. The first-order valence-electron chi connectivity index (χ1n) is 9.90. The smallest absolute Gasteiger partial charge is 0.403 e. The van der Waals surface area contributed by atoms with Crippen molar-refractivity contribution in [3.8, 4) is 0 Å². The highest BCUT2D eigenvalue weighted by Gasteiger charge is 2.52. The minimum atomic E-state index is -2.27. The van der Waals surface area contributed by atoms with Gasteiger partial charge >= 0.3 is 7.12 Å². The Morgan fingerprint density at radius 3 is 1.61 bits per heavy atom. The standard InChI is InChI=1S/C23H30BClO2Si/c1-18(25)21(17-24-26-22(2,3)23(4,5)27-24)28(6,19-13-9-7-10-14-19)20-15-11-8-12-16-20/h7-16H,17H2,1-6H3/b21-18+. The van der Waals surface area contributed by atoms with Crippen LogP contribution in [0.25, 0.3) is 0 Å². The van der Waals surface area contributed by atoms with Crippen LogP contribution in [0.15, 0.2) is 70.9 Å². The fourth-order valence-corrected chi connectivity index (χ4v) is 8.62. The molecule has 0 N–H and O–H groups in total. The van der Waals surface area contributed by atoms with Gasteiger partial charge in [0.25, 0.3) is 0 Å². The quantitative estimate of drug-likeness (QED) is 0.642. The Labute approximate surface area is 176 Å². The van der Waals surface area contributed by atoms with Crippen molar-refractivity contribution in [3.63, 3.8) is 0 Å². The van der Waals surface area contributed by atoms with E-state index in [1.54, 1.807) is 0 Å². The molecule has 0 spiro atoms. The van der Waals surface area contributed by atoms with E-state index in [0.717, 1.165) is 5.03 Å². The van der Waals surface area contributed by atoms with E-state index in [-0.39, 0.29) is 18.3 Å². The van der Waals surface area contributed by atoms with Gasteiger partial charge in [-0.25, -0.2) is 0 Å². The molecule has 1 aliphatic heterocycles. The monoisotopic (exact) mass is 412 g/mol. The number of hydrogen-bond acceptors (Lipinski definition) is 2. The number of halogens is 1. The van der Waals surface area contributed by atoms with E-state index in [2.05, 4.69) is 94.9 Å². The summed E-state index contributed by atoms with van der Waals surface area (Å²) in [4.78, 5) is 0. The lowest BCUT2D eigenvalue weighted by Gasteiger charge is -2.33. The number of hydrogen-bond donors (Lipinski definition) is 0. The van der Waals surface area contributed by atoms with Crippen molar-refractivity contribution in [3.05, 3.63) is 70.9 Å². The predicted molar refractivity (Wildman–Crippen MR) is 123 cm³/mol. The van der Waals surface area contributed by atoms with Crippen LogP contribution in [0.5, 0.6) is 0 Å². The van der Waals surface area contributed by atoms with E-state index in [1.807, 2.05) is 6.92 Å². The molecule has 28 heavy (non-hydrogen) atoms. The van der Waals surface area contributed by atoms with Crippen LogP contribution in [0.1, 0.15) is 34.6 Å². The molecule has 1 saturated heterocycles. The molecular weight excluding hydrogens is 383 g/mol. The summed E-state index contributed by atoms with van der Waals surface area (Å²) < 4.78 is 12.6. The van der Waals surface area contributed by atoms with Crippen molar-refractivity contribution in [2.24, 2.45) is 0 Å². The van der Waals surface area contributed by atoms with E-state index >= 15 is 0 Å². The van der Waals surface area contributed by atoms with E-state index in [1.165, 1.54) is 15.6 Å². The Bertz CT molecular complexity index is 790. The first-order valence-corrected chi connectivity index (χ1v) is 12.8. The Hall–Kier alpha value is -1.33. The van der Waals surface area contributed by atoms with Gasteiger partial charge in [-0.15, -0.1) is 0 Å². The van der Waals surface area contributed by atoms with Gasteiger partial charge < -0.3 is 9.31 Å². The fourth-order valence-electron chi connectivity index (χ4n) is 3.96. The van der Waals surface area contributed by atoms with Gasteiger partial charge in [0, 0.05) is 11.4 Å². The molecule has 0 saturated carbocycles. The van der Waals surface area contributed by atoms with Crippen LogP contribution in [0, 0.1) is 0 Å². The van der Waals surface area contributed by atoms with Crippen LogP contribution >= 0.6 is 11.6 Å². The van der Waals surface area contributed by atoms with Gasteiger partial charge in [-0.05, 0) is 45.0 Å². The maximum absolute atomic E-state index is 6.75. The molecule has 0 atom stereocenters. The highest BCUT2D eigenvalue weighted by atomic mass is 35.5. The van der Waals surface area contributed by atoms with Crippen LogP contribution in [-0.2, 0) is 9.31 Å². The van der Waals surface area contributed by atoms with Crippen LogP contribution in [-0.4, -0.2) is 26.4 Å². The average Bonchev–Trinajstić information content (AvgIpc) is 2.87. The lowest BCUT2D eigenvalue weighted by atomic mass is 9.84. The maximum atomic E-state index is 6.75. The van der Waals surface area contributed by atoms with E-state index in [4.69, 9.17) is 20.9 Å². The van der Waals surface area contributed by atoms with Gasteiger partial charge in [-0.3, -0.25) is 0 Å². The molecule has 148 valence electrons. The maximum Gasteiger partial charge on any atom is 0.461 e. The molecule has 0 aliphatic carbocycles. The molecule has 2 aromatic carbocycles. The van der Waals surface area contributed by atoms with Gasteiger partial charge in [0.15, 0.2) is 0 Å². The largest absolute Gasteiger partial charge is 0.461 e. The molecule has 0 radical (unpaired) electrons. The Balaban J connectivity index is 2.06. The van der Waals surface area contributed by atoms with E-state index < -0.39 is 8.07 Å². The minimum absolute atomic E-state index is 0.298. The van der Waals surface area contributed by atoms with Gasteiger partial charge in [-0.2, -0.15) is 0 Å². The molecule has 1 aliphatic rings. The zero-order chi connectivity index (χ0) is 20.6. The molecule has 0 aromatic heterocycles. The topological polar surface area (TPSA) is 18.5 Å². The number of benzene rings is 2. The molecule has 2 aromatic rings. The summed E-state index contributed by atoms with van der Waals surface area (Å²) in [5, 5.41) is 4.78. The van der Waals surface area contributed by atoms with Gasteiger partial charge in [0.05, 0.1) is 11.2 Å². The second-order valence-corrected chi connectivity index (χ2v) is 13.3. The molecule has 0 bridgehead atoms. The molecule has 0 unspecified atom stereocenters. The van der Waals surface area contributed by atoms with Crippen molar-refractivity contribution < 1.29 is 9.31 Å². The normalized spacial score (nSPS) is 19.5. The molecule has 1 fully saturated rings. The second kappa shape index (κ2) is 7.83. The Kier molecular flexibility index (Phi) is 5.98. The van der Waals surface area contributed by atoms with Gasteiger partial charge in [0.1, 0.15) is 8.07 Å². The van der Waals surface area contributed by atoms with Crippen LogP contribution in [0.4, 0.5) is 0 Å². The molecule has 3 rings (SSSR count). The van der Waals surface area contributed by atoms with Gasteiger partial charge in [-0.1, -0.05) is 84.0 Å². The van der Waals surface area contributed by atoms with Crippen molar-refractivity contribution in [2.75, 3.05) is 0 Å².